The van der Waals surface area contributed by atoms with Crippen LogP contribution in [-0.2, 0) is 11.3 Å². The lowest BCUT2D eigenvalue weighted by molar-refractivity contribution is -0.113. The summed E-state index contributed by atoms with van der Waals surface area (Å²) in [7, 11) is 4.41. The zero-order valence-corrected chi connectivity index (χ0v) is 19.3. The summed E-state index contributed by atoms with van der Waals surface area (Å²) in [5, 5.41) is 22.1. The van der Waals surface area contributed by atoms with Crippen molar-refractivity contribution in [3.05, 3.63) is 28.6 Å². The van der Waals surface area contributed by atoms with E-state index in [2.05, 4.69) is 31.0 Å². The fraction of sp³-hybridized carbons (Fsp3) is 0.333. The molecule has 0 saturated carbocycles. The zero-order chi connectivity index (χ0) is 23.1. The highest BCUT2D eigenvalue weighted by molar-refractivity contribution is 7.99. The number of nitrogens with zero attached hydrogens (tertiary/aromatic N) is 4. The molecule has 1 aromatic carbocycles. The molecule has 0 saturated heterocycles. The van der Waals surface area contributed by atoms with Crippen molar-refractivity contribution >= 4 is 40.0 Å². The van der Waals surface area contributed by atoms with Crippen LogP contribution in [0.25, 0.3) is 0 Å². The van der Waals surface area contributed by atoms with E-state index in [1.807, 2.05) is 0 Å². The zero-order valence-electron chi connectivity index (χ0n) is 17.6. The molecule has 12 nitrogen and oxygen atoms in total. The quantitative estimate of drug-likeness (QED) is 0.410. The summed E-state index contributed by atoms with van der Waals surface area (Å²) in [6.45, 7) is 1.79. The molecule has 0 bridgehead atoms. The number of nitrogens with one attached hydrogen (secondary N) is 2. The van der Waals surface area contributed by atoms with Crippen LogP contribution in [0.15, 0.2) is 21.8 Å². The average Bonchev–Trinajstić information content (AvgIpc) is 3.43. The molecule has 3 rings (SSSR count). The first kappa shape index (κ1) is 23.3. The van der Waals surface area contributed by atoms with Gasteiger partial charge in [0, 0.05) is 5.56 Å². The van der Waals surface area contributed by atoms with Gasteiger partial charge in [-0.05, 0) is 19.1 Å². The van der Waals surface area contributed by atoms with E-state index in [9.17, 15) is 9.59 Å². The van der Waals surface area contributed by atoms with Gasteiger partial charge >= 0.3 is 0 Å². The lowest BCUT2D eigenvalue weighted by Gasteiger charge is -2.13. The molecule has 0 spiro atoms. The average molecular weight is 481 g/mol. The summed E-state index contributed by atoms with van der Waals surface area (Å²) in [6, 6.07) is 3.06. The second-order valence-corrected chi connectivity index (χ2v) is 8.13. The van der Waals surface area contributed by atoms with Crippen LogP contribution in [0.5, 0.6) is 17.2 Å². The van der Waals surface area contributed by atoms with Gasteiger partial charge in [-0.25, -0.2) is 0 Å². The first-order valence-corrected chi connectivity index (χ1v) is 10.9. The lowest BCUT2D eigenvalue weighted by Crippen LogP contribution is -2.23. The summed E-state index contributed by atoms with van der Waals surface area (Å²) >= 11 is 2.34. The van der Waals surface area contributed by atoms with Gasteiger partial charge in [0.05, 0.1) is 33.6 Å². The Morgan fingerprint density at radius 3 is 2.38 bits per heavy atom. The van der Waals surface area contributed by atoms with Gasteiger partial charge in [-0.1, -0.05) is 23.1 Å². The summed E-state index contributed by atoms with van der Waals surface area (Å²) in [5.74, 6) is 0.664. The molecule has 0 aliphatic heterocycles. The first-order valence-electron chi connectivity index (χ1n) is 9.06. The lowest BCUT2D eigenvalue weighted by atomic mass is 10.1. The Bertz CT molecular complexity index is 1080. The number of carbonyl (C=O) groups is 2. The molecule has 0 atom stereocenters. The molecule has 170 valence electrons. The summed E-state index contributed by atoms with van der Waals surface area (Å²) in [5.41, 5.74) is 0.303. The third kappa shape index (κ3) is 5.85. The molecule has 14 heteroatoms. The number of thioether (sulfide) groups is 1. The topological polar surface area (TPSA) is 151 Å². The predicted octanol–water partition coefficient (Wildman–Crippen LogP) is 1.92. The van der Waals surface area contributed by atoms with Crippen LogP contribution in [-0.4, -0.2) is 59.3 Å². The molecular formula is C18H20N6O6S2. The van der Waals surface area contributed by atoms with E-state index < -0.39 is 5.91 Å². The highest BCUT2D eigenvalue weighted by atomic mass is 32.2. The van der Waals surface area contributed by atoms with Crippen LogP contribution in [0.1, 0.15) is 21.3 Å². The molecule has 0 aliphatic rings. The standard InChI is InChI=1S/C18H20N6O6S2/c1-9-21-23-17(32-9)20-13(25)8-31-18-24-22-14(30-18)7-19-16(26)10-5-11(27-2)15(29-4)12(6-10)28-3/h5-6H,7-8H2,1-4H3,(H,19,26)(H,20,23,25). The monoisotopic (exact) mass is 480 g/mol. The number of carbonyl (C=O) groups excluding carboxylic acids is 2. The van der Waals surface area contributed by atoms with Crippen molar-refractivity contribution in [2.75, 3.05) is 32.4 Å². The fourth-order valence-electron chi connectivity index (χ4n) is 2.47. The van der Waals surface area contributed by atoms with E-state index in [1.165, 1.54) is 44.8 Å². The molecule has 2 heterocycles. The van der Waals surface area contributed by atoms with Gasteiger partial charge in [-0.3, -0.25) is 14.9 Å². The Morgan fingerprint density at radius 2 is 1.78 bits per heavy atom. The van der Waals surface area contributed by atoms with Crippen LogP contribution in [0, 0.1) is 6.92 Å². The number of rotatable bonds is 10. The maximum Gasteiger partial charge on any atom is 0.277 e. The SMILES string of the molecule is COc1cc(C(=O)NCc2nnc(SCC(=O)Nc3nnc(C)s3)o2)cc(OC)c1OC. The molecule has 2 amide bonds. The second kappa shape index (κ2) is 10.8. The minimum atomic E-state index is -0.400. The van der Waals surface area contributed by atoms with Crippen molar-refractivity contribution in [2.45, 2.75) is 18.7 Å². The highest BCUT2D eigenvalue weighted by Crippen LogP contribution is 2.38. The number of ether oxygens (including phenoxy) is 3. The van der Waals surface area contributed by atoms with Crippen LogP contribution in [0.3, 0.4) is 0 Å². The van der Waals surface area contributed by atoms with Crippen LogP contribution >= 0.6 is 23.1 Å². The third-order valence-corrected chi connectivity index (χ3v) is 5.45. The predicted molar refractivity (Wildman–Crippen MR) is 116 cm³/mol. The van der Waals surface area contributed by atoms with Crippen molar-refractivity contribution in [3.63, 3.8) is 0 Å². The number of hydrogen-bond acceptors (Lipinski definition) is 12. The van der Waals surface area contributed by atoms with Gasteiger partial charge in [0.15, 0.2) is 11.5 Å². The van der Waals surface area contributed by atoms with Crippen LogP contribution in [0.2, 0.25) is 0 Å². The molecule has 0 fully saturated rings. The van der Waals surface area contributed by atoms with Gasteiger partial charge in [-0.15, -0.1) is 20.4 Å². The van der Waals surface area contributed by atoms with E-state index in [0.717, 1.165) is 16.8 Å². The Kier molecular flexibility index (Phi) is 7.83. The Hall–Kier alpha value is -3.39. The number of hydrogen-bond donors (Lipinski definition) is 2. The number of anilines is 1. The molecule has 0 unspecified atom stereocenters. The van der Waals surface area contributed by atoms with E-state index in [-0.39, 0.29) is 29.3 Å². The third-order valence-electron chi connectivity index (χ3n) is 3.87. The summed E-state index contributed by atoms with van der Waals surface area (Å²) in [6.07, 6.45) is 0. The minimum absolute atomic E-state index is 0.000683. The second-order valence-electron chi connectivity index (χ2n) is 6.02. The summed E-state index contributed by atoms with van der Waals surface area (Å²) in [4.78, 5) is 24.5. The van der Waals surface area contributed by atoms with Gasteiger partial charge < -0.3 is 23.9 Å². The molecule has 2 aromatic heterocycles. The number of aryl methyl sites for hydroxylation is 1. The molecule has 32 heavy (non-hydrogen) atoms. The van der Waals surface area contributed by atoms with Gasteiger partial charge in [0.2, 0.25) is 22.7 Å². The Balaban J connectivity index is 1.53. The number of amides is 2. The minimum Gasteiger partial charge on any atom is -0.493 e. The highest BCUT2D eigenvalue weighted by Gasteiger charge is 2.18. The Labute approximate surface area is 191 Å². The normalized spacial score (nSPS) is 10.5. The van der Waals surface area contributed by atoms with Gasteiger partial charge in [0.1, 0.15) is 5.01 Å². The van der Waals surface area contributed by atoms with E-state index in [4.69, 9.17) is 18.6 Å². The maximum atomic E-state index is 12.5. The molecule has 2 N–H and O–H groups in total. The molecule has 3 aromatic rings. The Morgan fingerprint density at radius 1 is 1.06 bits per heavy atom. The molecule has 0 radical (unpaired) electrons. The van der Waals surface area contributed by atoms with Crippen molar-refractivity contribution in [1.29, 1.82) is 0 Å². The molecular weight excluding hydrogens is 460 g/mol. The molecule has 0 aliphatic carbocycles. The van der Waals surface area contributed by atoms with Crippen molar-refractivity contribution in [3.8, 4) is 17.2 Å². The number of aromatic nitrogens is 4. The van der Waals surface area contributed by atoms with Crippen LogP contribution < -0.4 is 24.8 Å². The van der Waals surface area contributed by atoms with Crippen molar-refractivity contribution in [2.24, 2.45) is 0 Å². The van der Waals surface area contributed by atoms with E-state index in [0.29, 0.717) is 27.9 Å². The fourth-order valence-corrected chi connectivity index (χ4v) is 3.66. The van der Waals surface area contributed by atoms with Gasteiger partial charge in [-0.2, -0.15) is 0 Å². The van der Waals surface area contributed by atoms with E-state index >= 15 is 0 Å². The van der Waals surface area contributed by atoms with Crippen molar-refractivity contribution < 1.29 is 28.2 Å². The largest absolute Gasteiger partial charge is 0.493 e. The maximum absolute atomic E-state index is 12.5. The van der Waals surface area contributed by atoms with E-state index in [1.54, 1.807) is 6.92 Å². The van der Waals surface area contributed by atoms with Crippen LogP contribution in [0.4, 0.5) is 5.13 Å². The number of benzene rings is 1. The number of methoxy groups -OCH3 is 3. The summed E-state index contributed by atoms with van der Waals surface area (Å²) < 4.78 is 21.2. The van der Waals surface area contributed by atoms with Crippen molar-refractivity contribution in [1.82, 2.24) is 25.7 Å². The smallest absolute Gasteiger partial charge is 0.277 e. The first-order chi connectivity index (χ1) is 15.4. The van der Waals surface area contributed by atoms with Gasteiger partial charge in [0.25, 0.3) is 11.1 Å².